The summed E-state index contributed by atoms with van der Waals surface area (Å²) in [6.45, 7) is 3.33. The third kappa shape index (κ3) is 2.57. The van der Waals surface area contributed by atoms with Crippen LogP contribution >= 0.6 is 0 Å². The van der Waals surface area contributed by atoms with Crippen LogP contribution in [-0.4, -0.2) is 42.8 Å². The quantitative estimate of drug-likeness (QED) is 0.580. The molecule has 0 aromatic rings. The Morgan fingerprint density at radius 2 is 2.23 bits per heavy atom. The lowest BCUT2D eigenvalue weighted by molar-refractivity contribution is 0.0932. The van der Waals surface area contributed by atoms with E-state index >= 15 is 0 Å². The third-order valence-electron chi connectivity index (χ3n) is 2.24. The predicted octanol–water partition coefficient (Wildman–Crippen LogP) is -0.497. The second kappa shape index (κ2) is 4.43. The molecule has 1 fully saturated rings. The van der Waals surface area contributed by atoms with Gasteiger partial charge in [-0.05, 0) is 13.3 Å². The van der Waals surface area contributed by atoms with Gasteiger partial charge < -0.3 is 21.1 Å². The molecule has 0 aromatic carbocycles. The lowest BCUT2D eigenvalue weighted by Gasteiger charge is -2.33. The Kier molecular flexibility index (Phi) is 3.50. The second-order valence-electron chi connectivity index (χ2n) is 3.26. The van der Waals surface area contributed by atoms with Crippen molar-refractivity contribution in [2.75, 3.05) is 19.7 Å². The van der Waals surface area contributed by atoms with E-state index in [1.165, 1.54) is 0 Å². The molecule has 4 N–H and O–H groups in total. The first kappa shape index (κ1) is 10.3. The standard InChI is InChI=1S/C8H17N3O2/c1-2-13-8(12)11-4-3-6(9)7(10)5-11/h6-7H,2-5,9-10H2,1H3. The van der Waals surface area contributed by atoms with Gasteiger partial charge in [0.15, 0.2) is 0 Å². The van der Waals surface area contributed by atoms with Gasteiger partial charge in [-0.1, -0.05) is 0 Å². The summed E-state index contributed by atoms with van der Waals surface area (Å²) in [5.74, 6) is 0. The van der Waals surface area contributed by atoms with E-state index in [-0.39, 0.29) is 18.2 Å². The molecule has 5 heteroatoms. The van der Waals surface area contributed by atoms with Crippen molar-refractivity contribution < 1.29 is 9.53 Å². The van der Waals surface area contributed by atoms with Gasteiger partial charge in [-0.25, -0.2) is 4.79 Å². The number of nitrogens with zero attached hydrogens (tertiary/aromatic N) is 1. The van der Waals surface area contributed by atoms with Gasteiger partial charge in [0.2, 0.25) is 0 Å². The Labute approximate surface area is 78.0 Å². The average molecular weight is 187 g/mol. The van der Waals surface area contributed by atoms with Gasteiger partial charge in [0.25, 0.3) is 0 Å². The van der Waals surface area contributed by atoms with Gasteiger partial charge in [-0.3, -0.25) is 0 Å². The smallest absolute Gasteiger partial charge is 0.409 e. The van der Waals surface area contributed by atoms with Gasteiger partial charge >= 0.3 is 6.09 Å². The number of ether oxygens (including phenoxy) is 1. The maximum Gasteiger partial charge on any atom is 0.409 e. The molecule has 1 heterocycles. The zero-order valence-corrected chi connectivity index (χ0v) is 7.90. The monoisotopic (exact) mass is 187 g/mol. The Balaban J connectivity index is 2.40. The number of piperidine rings is 1. The molecule has 2 unspecified atom stereocenters. The van der Waals surface area contributed by atoms with Crippen LogP contribution < -0.4 is 11.5 Å². The minimum Gasteiger partial charge on any atom is -0.450 e. The molecule has 1 aliphatic rings. The summed E-state index contributed by atoms with van der Waals surface area (Å²) in [4.78, 5) is 12.9. The third-order valence-corrected chi connectivity index (χ3v) is 2.24. The molecule has 0 saturated carbocycles. The largest absolute Gasteiger partial charge is 0.450 e. The summed E-state index contributed by atoms with van der Waals surface area (Å²) >= 11 is 0. The first-order valence-corrected chi connectivity index (χ1v) is 4.58. The topological polar surface area (TPSA) is 81.6 Å². The van der Waals surface area contributed by atoms with E-state index in [1.54, 1.807) is 11.8 Å². The molecular formula is C8H17N3O2. The molecule has 1 aliphatic heterocycles. The normalized spacial score (nSPS) is 28.7. The number of carbonyl (C=O) groups is 1. The van der Waals surface area contributed by atoms with Crippen LogP contribution in [-0.2, 0) is 4.74 Å². The molecule has 5 nitrogen and oxygen atoms in total. The zero-order valence-electron chi connectivity index (χ0n) is 7.90. The molecule has 0 bridgehead atoms. The van der Waals surface area contributed by atoms with Crippen molar-refractivity contribution in [1.29, 1.82) is 0 Å². The maximum absolute atomic E-state index is 11.3. The van der Waals surface area contributed by atoms with Crippen LogP contribution in [0.5, 0.6) is 0 Å². The molecule has 0 aromatic heterocycles. The highest BCUT2D eigenvalue weighted by molar-refractivity contribution is 5.67. The van der Waals surface area contributed by atoms with E-state index in [2.05, 4.69) is 0 Å². The second-order valence-corrected chi connectivity index (χ2v) is 3.26. The molecule has 1 rings (SSSR count). The number of amides is 1. The summed E-state index contributed by atoms with van der Waals surface area (Å²) in [6.07, 6.45) is 0.463. The summed E-state index contributed by atoms with van der Waals surface area (Å²) in [5, 5.41) is 0. The van der Waals surface area contributed by atoms with E-state index in [9.17, 15) is 4.79 Å². The zero-order chi connectivity index (χ0) is 9.84. The molecule has 0 spiro atoms. The number of carbonyl (C=O) groups excluding carboxylic acids is 1. The van der Waals surface area contributed by atoms with Crippen molar-refractivity contribution >= 4 is 6.09 Å². The van der Waals surface area contributed by atoms with E-state index < -0.39 is 0 Å². The molecule has 2 atom stereocenters. The van der Waals surface area contributed by atoms with Gasteiger partial charge in [-0.2, -0.15) is 0 Å². The first-order valence-electron chi connectivity index (χ1n) is 4.58. The summed E-state index contributed by atoms with van der Waals surface area (Å²) < 4.78 is 4.86. The highest BCUT2D eigenvalue weighted by atomic mass is 16.6. The van der Waals surface area contributed by atoms with Crippen molar-refractivity contribution in [3.8, 4) is 0 Å². The number of rotatable bonds is 1. The summed E-state index contributed by atoms with van der Waals surface area (Å²) in [5.41, 5.74) is 11.4. The number of hydrogen-bond donors (Lipinski definition) is 2. The fraction of sp³-hybridized carbons (Fsp3) is 0.875. The highest BCUT2D eigenvalue weighted by Crippen LogP contribution is 2.08. The van der Waals surface area contributed by atoms with Gasteiger partial charge in [0.05, 0.1) is 6.61 Å². The fourth-order valence-electron chi connectivity index (χ4n) is 1.38. The van der Waals surface area contributed by atoms with Crippen LogP contribution in [0.3, 0.4) is 0 Å². The van der Waals surface area contributed by atoms with Crippen LogP contribution in [0.4, 0.5) is 4.79 Å². The van der Waals surface area contributed by atoms with Crippen LogP contribution in [0.1, 0.15) is 13.3 Å². The van der Waals surface area contributed by atoms with Crippen molar-refractivity contribution in [2.24, 2.45) is 11.5 Å². The van der Waals surface area contributed by atoms with Crippen LogP contribution in [0.25, 0.3) is 0 Å². The maximum atomic E-state index is 11.3. The Morgan fingerprint density at radius 1 is 1.54 bits per heavy atom. The van der Waals surface area contributed by atoms with Crippen LogP contribution in [0, 0.1) is 0 Å². The molecular weight excluding hydrogens is 170 g/mol. The van der Waals surface area contributed by atoms with Crippen molar-refractivity contribution in [2.45, 2.75) is 25.4 Å². The van der Waals surface area contributed by atoms with Gasteiger partial charge in [0, 0.05) is 25.2 Å². The average Bonchev–Trinajstić information content (AvgIpc) is 2.10. The Hall–Kier alpha value is -0.810. The van der Waals surface area contributed by atoms with Crippen LogP contribution in [0.2, 0.25) is 0 Å². The minimum atomic E-state index is -0.287. The van der Waals surface area contributed by atoms with Crippen LogP contribution in [0.15, 0.2) is 0 Å². The van der Waals surface area contributed by atoms with E-state index in [0.29, 0.717) is 19.7 Å². The first-order chi connectivity index (χ1) is 6.15. The minimum absolute atomic E-state index is 0.00526. The molecule has 0 radical (unpaired) electrons. The summed E-state index contributed by atoms with van der Waals surface area (Å²) in [7, 11) is 0. The van der Waals surface area contributed by atoms with Crippen molar-refractivity contribution in [3.05, 3.63) is 0 Å². The van der Waals surface area contributed by atoms with E-state index in [0.717, 1.165) is 6.42 Å². The molecule has 0 aliphatic carbocycles. The molecule has 13 heavy (non-hydrogen) atoms. The van der Waals surface area contributed by atoms with Crippen molar-refractivity contribution in [1.82, 2.24) is 4.90 Å². The van der Waals surface area contributed by atoms with E-state index in [1.807, 2.05) is 0 Å². The van der Waals surface area contributed by atoms with Crippen molar-refractivity contribution in [3.63, 3.8) is 0 Å². The number of nitrogens with two attached hydrogens (primary N) is 2. The van der Waals surface area contributed by atoms with Gasteiger partial charge in [0.1, 0.15) is 0 Å². The number of hydrogen-bond acceptors (Lipinski definition) is 4. The number of likely N-dealkylation sites (tertiary alicyclic amines) is 1. The van der Waals surface area contributed by atoms with Gasteiger partial charge in [-0.15, -0.1) is 0 Å². The Bertz CT molecular complexity index is 186. The molecule has 1 amide bonds. The Morgan fingerprint density at radius 3 is 2.77 bits per heavy atom. The fourth-order valence-corrected chi connectivity index (χ4v) is 1.38. The predicted molar refractivity (Wildman–Crippen MR) is 49.2 cm³/mol. The lowest BCUT2D eigenvalue weighted by Crippen LogP contribution is -2.56. The highest BCUT2D eigenvalue weighted by Gasteiger charge is 2.27. The van der Waals surface area contributed by atoms with E-state index in [4.69, 9.17) is 16.2 Å². The molecule has 76 valence electrons. The summed E-state index contributed by atoms with van der Waals surface area (Å²) in [6, 6.07) is -0.121. The lowest BCUT2D eigenvalue weighted by atomic mass is 10.0. The molecule has 1 saturated heterocycles. The SMILES string of the molecule is CCOC(=O)N1CCC(N)C(N)C1.